The number of hydrogen-bond donors (Lipinski definition) is 2. The quantitative estimate of drug-likeness (QED) is 0.172. The van der Waals surface area contributed by atoms with Crippen molar-refractivity contribution in [3.63, 3.8) is 0 Å². The molecule has 2 aliphatic rings. The highest BCUT2D eigenvalue weighted by atomic mass is 35.5. The number of hydrogen-bond acceptors (Lipinski definition) is 12. The summed E-state index contributed by atoms with van der Waals surface area (Å²) in [6.07, 6.45) is 3.38. The van der Waals surface area contributed by atoms with Crippen LogP contribution in [-0.2, 0) is 13.1 Å². The number of pyridine rings is 2. The highest BCUT2D eigenvalue weighted by Gasteiger charge is 2.20. The summed E-state index contributed by atoms with van der Waals surface area (Å²) >= 11 is 12.2. The van der Waals surface area contributed by atoms with Gasteiger partial charge in [-0.15, -0.1) is 0 Å². The van der Waals surface area contributed by atoms with Crippen LogP contribution in [0, 0.1) is 5.82 Å². The second kappa shape index (κ2) is 16.8. The Bertz CT molecular complexity index is 2140. The average Bonchev–Trinajstić information content (AvgIpc) is 3.18. The van der Waals surface area contributed by atoms with Crippen molar-refractivity contribution in [2.75, 3.05) is 86.9 Å². The normalized spacial score (nSPS) is 15.3. The van der Waals surface area contributed by atoms with Gasteiger partial charge in [-0.05, 0) is 49.5 Å². The van der Waals surface area contributed by atoms with Crippen LogP contribution in [0.2, 0.25) is 10.3 Å². The second-order valence-corrected chi connectivity index (χ2v) is 14.0. The summed E-state index contributed by atoms with van der Waals surface area (Å²) in [4.78, 5) is 36.3. The van der Waals surface area contributed by atoms with E-state index in [2.05, 4.69) is 71.4 Å². The van der Waals surface area contributed by atoms with Crippen LogP contribution in [0.4, 0.5) is 27.9 Å². The van der Waals surface area contributed by atoms with E-state index in [1.165, 1.54) is 17.7 Å². The monoisotopic (exact) mass is 754 g/mol. The molecule has 6 aromatic rings. The number of piperazine rings is 2. The number of anilines is 4. The maximum absolute atomic E-state index is 13.1. The molecule has 0 atom stereocenters. The fourth-order valence-corrected chi connectivity index (χ4v) is 6.44. The molecule has 0 bridgehead atoms. The second-order valence-electron chi connectivity index (χ2n) is 13.2. The summed E-state index contributed by atoms with van der Waals surface area (Å²) in [5.74, 6) is 2.66. The third-order valence-electron chi connectivity index (χ3n) is 9.32. The summed E-state index contributed by atoms with van der Waals surface area (Å²) in [5, 5.41) is 9.32. The van der Waals surface area contributed by atoms with Crippen LogP contribution in [-0.4, -0.2) is 106 Å². The average molecular weight is 756 g/mol. The Hall–Kier alpha value is -4.95. The van der Waals surface area contributed by atoms with Gasteiger partial charge in [0, 0.05) is 76.2 Å². The number of nitrogens with one attached hydrogen (secondary N) is 2. The van der Waals surface area contributed by atoms with Crippen molar-refractivity contribution >= 4 is 68.5 Å². The lowest BCUT2D eigenvalue weighted by atomic mass is 10.2. The molecule has 2 N–H and O–H groups in total. The molecular weight excluding hydrogens is 714 g/mol. The molecule has 53 heavy (non-hydrogen) atoms. The van der Waals surface area contributed by atoms with Crippen molar-refractivity contribution in [1.82, 2.24) is 39.7 Å². The third-order valence-corrected chi connectivity index (χ3v) is 9.74. The molecule has 15 heteroatoms. The molecule has 0 spiro atoms. The van der Waals surface area contributed by atoms with Gasteiger partial charge in [-0.3, -0.25) is 0 Å². The molecule has 274 valence electrons. The molecule has 12 nitrogen and oxygen atoms in total. The zero-order valence-electron chi connectivity index (χ0n) is 29.7. The van der Waals surface area contributed by atoms with Gasteiger partial charge in [0.1, 0.15) is 27.8 Å². The molecule has 2 fully saturated rings. The molecule has 0 radical (unpaired) electrons. The van der Waals surface area contributed by atoms with Crippen molar-refractivity contribution in [3.8, 4) is 0 Å². The smallest absolute Gasteiger partial charge is 0.228 e. The van der Waals surface area contributed by atoms with Crippen LogP contribution in [0.3, 0.4) is 0 Å². The van der Waals surface area contributed by atoms with E-state index in [4.69, 9.17) is 38.2 Å². The number of aromatic nitrogens is 6. The van der Waals surface area contributed by atoms with Gasteiger partial charge in [0.2, 0.25) is 11.9 Å². The van der Waals surface area contributed by atoms with E-state index in [0.717, 1.165) is 91.5 Å². The number of likely N-dealkylation sites (N-methyl/N-ethyl adjacent to an activating group) is 2. The van der Waals surface area contributed by atoms with Crippen LogP contribution in [0.5, 0.6) is 0 Å². The van der Waals surface area contributed by atoms with E-state index in [9.17, 15) is 4.39 Å². The predicted molar refractivity (Wildman–Crippen MR) is 212 cm³/mol. The van der Waals surface area contributed by atoms with Crippen LogP contribution >= 0.6 is 23.2 Å². The van der Waals surface area contributed by atoms with E-state index in [0.29, 0.717) is 35.2 Å². The Balaban J connectivity index is 0.000000164. The van der Waals surface area contributed by atoms with Crippen molar-refractivity contribution in [3.05, 3.63) is 106 Å². The Morgan fingerprint density at radius 2 is 1.02 bits per heavy atom. The van der Waals surface area contributed by atoms with Gasteiger partial charge in [-0.1, -0.05) is 65.7 Å². The minimum absolute atomic E-state index is 0.249. The van der Waals surface area contributed by atoms with E-state index in [1.54, 1.807) is 30.6 Å². The van der Waals surface area contributed by atoms with E-state index < -0.39 is 0 Å². The summed E-state index contributed by atoms with van der Waals surface area (Å²) in [6, 6.07) is 20.2. The third kappa shape index (κ3) is 9.35. The molecule has 0 amide bonds. The Kier molecular flexibility index (Phi) is 11.5. The molecule has 0 aliphatic carbocycles. The van der Waals surface area contributed by atoms with Crippen LogP contribution in [0.25, 0.3) is 21.8 Å². The van der Waals surface area contributed by atoms with Gasteiger partial charge in [0.15, 0.2) is 0 Å². The fraction of sp³-hybridized carbons (Fsp3) is 0.316. The number of rotatable bonds is 8. The van der Waals surface area contributed by atoms with E-state index in [1.807, 2.05) is 24.3 Å². The molecule has 2 aliphatic heterocycles. The first-order chi connectivity index (χ1) is 25.8. The largest absolute Gasteiger partial charge is 0.365 e. The molecule has 0 saturated carbocycles. The minimum Gasteiger partial charge on any atom is -0.365 e. The summed E-state index contributed by atoms with van der Waals surface area (Å²) < 4.78 is 13.1. The zero-order chi connectivity index (χ0) is 36.7. The lowest BCUT2D eigenvalue weighted by Gasteiger charge is -2.32. The number of nitrogens with zero attached hydrogens (tertiary/aromatic N) is 10. The summed E-state index contributed by atoms with van der Waals surface area (Å²) in [6.45, 7) is 8.75. The maximum Gasteiger partial charge on any atom is 0.228 e. The van der Waals surface area contributed by atoms with Crippen LogP contribution in [0.15, 0.2) is 79.1 Å². The van der Waals surface area contributed by atoms with Gasteiger partial charge >= 0.3 is 0 Å². The topological polar surface area (TPSA) is 114 Å². The van der Waals surface area contributed by atoms with Crippen LogP contribution < -0.4 is 20.4 Å². The molecule has 8 rings (SSSR count). The number of halogens is 3. The first-order valence-electron chi connectivity index (χ1n) is 17.6. The molecule has 6 heterocycles. The summed E-state index contributed by atoms with van der Waals surface area (Å²) in [5.41, 5.74) is 3.70. The van der Waals surface area contributed by atoms with Gasteiger partial charge in [-0.2, -0.15) is 9.97 Å². The van der Waals surface area contributed by atoms with Crippen molar-refractivity contribution < 1.29 is 4.39 Å². The molecule has 0 unspecified atom stereocenters. The lowest BCUT2D eigenvalue weighted by Crippen LogP contribution is -2.45. The lowest BCUT2D eigenvalue weighted by molar-refractivity contribution is 0.311. The first-order valence-corrected chi connectivity index (χ1v) is 18.3. The highest BCUT2D eigenvalue weighted by Crippen LogP contribution is 2.28. The van der Waals surface area contributed by atoms with E-state index >= 15 is 0 Å². The number of fused-ring (bicyclic) bond motifs is 2. The fourth-order valence-electron chi connectivity index (χ4n) is 6.12. The van der Waals surface area contributed by atoms with Crippen LogP contribution in [0.1, 0.15) is 11.1 Å². The number of benzene rings is 2. The van der Waals surface area contributed by atoms with Gasteiger partial charge in [0.25, 0.3) is 0 Å². The van der Waals surface area contributed by atoms with Gasteiger partial charge in [-0.25, -0.2) is 24.3 Å². The molecule has 2 aromatic carbocycles. The van der Waals surface area contributed by atoms with Crippen molar-refractivity contribution in [1.29, 1.82) is 0 Å². The Labute approximate surface area is 318 Å². The zero-order valence-corrected chi connectivity index (χ0v) is 31.2. The van der Waals surface area contributed by atoms with Gasteiger partial charge < -0.3 is 30.2 Å². The van der Waals surface area contributed by atoms with Crippen molar-refractivity contribution in [2.24, 2.45) is 0 Å². The highest BCUT2D eigenvalue weighted by molar-refractivity contribution is 6.30. The van der Waals surface area contributed by atoms with Crippen molar-refractivity contribution in [2.45, 2.75) is 13.1 Å². The van der Waals surface area contributed by atoms with Gasteiger partial charge in [0.05, 0.1) is 23.4 Å². The predicted octanol–water partition coefficient (Wildman–Crippen LogP) is 6.22. The molecule has 2 saturated heterocycles. The minimum atomic E-state index is -0.249. The Morgan fingerprint density at radius 1 is 0.585 bits per heavy atom. The first kappa shape index (κ1) is 36.4. The molecular formula is C38H41Cl2FN12. The Morgan fingerprint density at radius 3 is 1.47 bits per heavy atom. The molecule has 4 aromatic heterocycles. The summed E-state index contributed by atoms with van der Waals surface area (Å²) in [7, 11) is 4.25. The maximum atomic E-state index is 13.1. The van der Waals surface area contributed by atoms with E-state index in [-0.39, 0.29) is 5.82 Å². The SMILES string of the molecule is CN1CCN(c2nc(NCc3ccc(F)cc3)c3cc(Cl)ncc3n2)CC1.CN1CCN(c2nc(NCc3ccccc3)c3cc(Cl)ncc3n2)CC1. The standard InChI is InChI=1S/C19H20ClFN6.C19H21ClN6/c1-26-6-8-27(9-7-26)19-24-16-12-22-17(20)10-15(16)18(25-19)23-11-13-2-4-14(21)5-3-13;1-25-7-9-26(10-8-25)19-23-16-13-21-17(20)11-15(16)18(24-19)22-12-14-5-3-2-4-6-14/h2-5,10,12H,6-9,11H2,1H3,(H,23,24,25);2-6,11,13H,7-10,12H2,1H3,(H,22,23,24).